The van der Waals surface area contributed by atoms with Gasteiger partial charge in [-0.05, 0) is 31.0 Å². The number of ether oxygens (including phenoxy) is 1. The van der Waals surface area contributed by atoms with Crippen molar-refractivity contribution in [3.63, 3.8) is 0 Å². The maximum atomic E-state index is 12.7. The molecule has 3 rings (SSSR count). The van der Waals surface area contributed by atoms with Gasteiger partial charge in [0.15, 0.2) is 6.61 Å². The molecule has 0 aromatic heterocycles. The molecular formula is C19H17F3N2O5. The second-order valence-electron chi connectivity index (χ2n) is 6.71. The summed E-state index contributed by atoms with van der Waals surface area (Å²) in [6.45, 7) is -1.37. The van der Waals surface area contributed by atoms with Crippen LogP contribution < -0.4 is 5.32 Å². The van der Waals surface area contributed by atoms with Crippen LogP contribution >= 0.6 is 0 Å². The molecule has 1 aromatic rings. The molecule has 29 heavy (non-hydrogen) atoms. The third kappa shape index (κ3) is 4.64. The first-order valence-corrected chi connectivity index (χ1v) is 8.80. The van der Waals surface area contributed by atoms with Gasteiger partial charge >= 0.3 is 12.1 Å². The van der Waals surface area contributed by atoms with E-state index in [9.17, 15) is 32.3 Å². The topological polar surface area (TPSA) is 92.8 Å². The fourth-order valence-corrected chi connectivity index (χ4v) is 3.32. The van der Waals surface area contributed by atoms with E-state index in [2.05, 4.69) is 5.32 Å². The number of carbonyl (C=O) groups is 4. The van der Waals surface area contributed by atoms with E-state index < -0.39 is 60.4 Å². The fraction of sp³-hybridized carbons (Fsp3) is 0.368. The van der Waals surface area contributed by atoms with Crippen molar-refractivity contribution in [1.29, 1.82) is 0 Å². The van der Waals surface area contributed by atoms with Crippen LogP contribution in [0.2, 0.25) is 0 Å². The van der Waals surface area contributed by atoms with Gasteiger partial charge in [-0.1, -0.05) is 18.2 Å². The summed E-state index contributed by atoms with van der Waals surface area (Å²) >= 11 is 0. The van der Waals surface area contributed by atoms with Crippen molar-refractivity contribution in [2.75, 3.05) is 18.5 Å². The molecule has 0 unspecified atom stereocenters. The molecule has 0 bridgehead atoms. The largest absolute Gasteiger partial charge is 0.454 e. The Morgan fingerprint density at radius 1 is 1.10 bits per heavy atom. The SMILES string of the molecule is O=C(COC(=O)CN1C(=O)[C@H]2CC=CC[C@@H]2C1=O)Nc1cccc(C(F)(F)F)c1. The molecule has 7 nitrogen and oxygen atoms in total. The van der Waals surface area contributed by atoms with Crippen LogP contribution in [0.5, 0.6) is 0 Å². The lowest BCUT2D eigenvalue weighted by Crippen LogP contribution is -2.37. The molecule has 1 fully saturated rings. The van der Waals surface area contributed by atoms with E-state index in [0.29, 0.717) is 12.8 Å². The van der Waals surface area contributed by atoms with Crippen molar-refractivity contribution in [1.82, 2.24) is 4.90 Å². The highest BCUT2D eigenvalue weighted by molar-refractivity contribution is 6.07. The van der Waals surface area contributed by atoms with Gasteiger partial charge in [-0.15, -0.1) is 0 Å². The number of esters is 1. The number of imide groups is 1. The number of alkyl halides is 3. The first-order chi connectivity index (χ1) is 13.7. The van der Waals surface area contributed by atoms with Crippen molar-refractivity contribution in [2.45, 2.75) is 19.0 Å². The first kappa shape index (κ1) is 20.6. The Balaban J connectivity index is 1.50. The third-order valence-corrected chi connectivity index (χ3v) is 4.72. The van der Waals surface area contributed by atoms with Gasteiger partial charge in [-0.2, -0.15) is 13.2 Å². The number of rotatable bonds is 5. The lowest BCUT2D eigenvalue weighted by Gasteiger charge is -2.14. The molecule has 1 N–H and O–H groups in total. The molecule has 3 amide bonds. The highest BCUT2D eigenvalue weighted by Gasteiger charge is 2.47. The summed E-state index contributed by atoms with van der Waals surface area (Å²) < 4.78 is 42.8. The van der Waals surface area contributed by atoms with Crippen LogP contribution in [0.15, 0.2) is 36.4 Å². The van der Waals surface area contributed by atoms with Crippen LogP contribution in [0.1, 0.15) is 18.4 Å². The third-order valence-electron chi connectivity index (χ3n) is 4.72. The van der Waals surface area contributed by atoms with E-state index in [1.165, 1.54) is 6.07 Å². The second kappa shape index (κ2) is 8.06. The molecular weight excluding hydrogens is 393 g/mol. The van der Waals surface area contributed by atoms with Crippen molar-refractivity contribution >= 4 is 29.4 Å². The fourth-order valence-electron chi connectivity index (χ4n) is 3.32. The van der Waals surface area contributed by atoms with Gasteiger partial charge in [0.2, 0.25) is 11.8 Å². The highest BCUT2D eigenvalue weighted by atomic mass is 19.4. The van der Waals surface area contributed by atoms with E-state index in [1.807, 2.05) is 12.2 Å². The van der Waals surface area contributed by atoms with E-state index in [4.69, 9.17) is 4.74 Å². The Kier molecular flexibility index (Phi) is 5.71. The number of amides is 3. The number of halogens is 3. The molecule has 1 saturated heterocycles. The molecule has 1 aromatic carbocycles. The van der Waals surface area contributed by atoms with E-state index >= 15 is 0 Å². The van der Waals surface area contributed by atoms with Crippen LogP contribution in [0.3, 0.4) is 0 Å². The zero-order valence-corrected chi connectivity index (χ0v) is 15.1. The molecule has 1 aliphatic heterocycles. The molecule has 1 heterocycles. The van der Waals surface area contributed by atoms with Gasteiger partial charge in [0.05, 0.1) is 17.4 Å². The van der Waals surface area contributed by atoms with Crippen LogP contribution in [-0.2, 0) is 30.1 Å². The molecule has 1 aliphatic carbocycles. The van der Waals surface area contributed by atoms with Crippen LogP contribution in [-0.4, -0.2) is 41.7 Å². The Bertz CT molecular complexity index is 855. The molecule has 10 heteroatoms. The van der Waals surface area contributed by atoms with E-state index in [-0.39, 0.29) is 5.69 Å². The Hall–Kier alpha value is -3.17. The maximum absolute atomic E-state index is 12.7. The number of carbonyl (C=O) groups excluding carboxylic acids is 4. The van der Waals surface area contributed by atoms with E-state index in [0.717, 1.165) is 23.1 Å². The number of nitrogens with one attached hydrogen (secondary N) is 1. The maximum Gasteiger partial charge on any atom is 0.416 e. The summed E-state index contributed by atoms with van der Waals surface area (Å²) in [5, 5.41) is 2.19. The number of nitrogens with zero attached hydrogens (tertiary/aromatic N) is 1. The van der Waals surface area contributed by atoms with Crippen LogP contribution in [0, 0.1) is 11.8 Å². The summed E-state index contributed by atoms with van der Waals surface area (Å²) in [4.78, 5) is 49.1. The predicted molar refractivity (Wildman–Crippen MR) is 93.1 cm³/mol. The number of benzene rings is 1. The minimum absolute atomic E-state index is 0.109. The Labute approximate surface area is 163 Å². The van der Waals surface area contributed by atoms with Crippen LogP contribution in [0.4, 0.5) is 18.9 Å². The van der Waals surface area contributed by atoms with Gasteiger partial charge in [-0.25, -0.2) is 0 Å². The molecule has 2 aliphatic rings. The number of anilines is 1. The predicted octanol–water partition coefficient (Wildman–Crippen LogP) is 2.14. The van der Waals surface area contributed by atoms with Gasteiger partial charge in [-0.3, -0.25) is 24.1 Å². The first-order valence-electron chi connectivity index (χ1n) is 8.80. The molecule has 0 saturated carbocycles. The quantitative estimate of drug-likeness (QED) is 0.456. The highest BCUT2D eigenvalue weighted by Crippen LogP contribution is 2.35. The molecule has 154 valence electrons. The summed E-state index contributed by atoms with van der Waals surface area (Å²) in [5.41, 5.74) is -1.04. The zero-order valence-electron chi connectivity index (χ0n) is 15.1. The van der Waals surface area contributed by atoms with Gasteiger partial charge in [0.25, 0.3) is 5.91 Å². The summed E-state index contributed by atoms with van der Waals surface area (Å²) in [7, 11) is 0. The Morgan fingerprint density at radius 3 is 2.31 bits per heavy atom. The van der Waals surface area contributed by atoms with Crippen molar-refractivity contribution in [3.05, 3.63) is 42.0 Å². The normalized spacial score (nSPS) is 21.1. The summed E-state index contributed by atoms with van der Waals surface area (Å²) in [6, 6.07) is 3.99. The zero-order chi connectivity index (χ0) is 21.2. The number of hydrogen-bond donors (Lipinski definition) is 1. The molecule has 0 spiro atoms. The lowest BCUT2D eigenvalue weighted by molar-refractivity contribution is -0.154. The molecule has 0 radical (unpaired) electrons. The standard InChI is InChI=1S/C19H17F3N2O5/c20-19(21,22)11-4-3-5-12(8-11)23-15(25)10-29-16(26)9-24-17(27)13-6-1-2-7-14(13)18(24)28/h1-5,8,13-14H,6-7,9-10H2,(H,23,25)/t13-,14-/m0/s1. The van der Waals surface area contributed by atoms with Crippen molar-refractivity contribution in [3.8, 4) is 0 Å². The number of allylic oxidation sites excluding steroid dienone is 2. The van der Waals surface area contributed by atoms with Gasteiger partial charge < -0.3 is 10.1 Å². The van der Waals surface area contributed by atoms with Gasteiger partial charge in [0.1, 0.15) is 6.54 Å². The van der Waals surface area contributed by atoms with Crippen LogP contribution in [0.25, 0.3) is 0 Å². The molecule has 2 atom stereocenters. The number of hydrogen-bond acceptors (Lipinski definition) is 5. The second-order valence-corrected chi connectivity index (χ2v) is 6.71. The van der Waals surface area contributed by atoms with Crippen molar-refractivity contribution < 1.29 is 37.1 Å². The number of fused-ring (bicyclic) bond motifs is 1. The van der Waals surface area contributed by atoms with E-state index in [1.54, 1.807) is 0 Å². The monoisotopic (exact) mass is 410 g/mol. The van der Waals surface area contributed by atoms with Crippen molar-refractivity contribution in [2.24, 2.45) is 11.8 Å². The Morgan fingerprint density at radius 2 is 1.72 bits per heavy atom. The summed E-state index contributed by atoms with van der Waals surface area (Å²) in [6.07, 6.45) is -0.0758. The summed E-state index contributed by atoms with van der Waals surface area (Å²) in [5.74, 6) is -3.68. The smallest absolute Gasteiger partial charge is 0.416 e. The lowest BCUT2D eigenvalue weighted by atomic mass is 9.85. The van der Waals surface area contributed by atoms with Gasteiger partial charge in [0, 0.05) is 5.69 Å². The average Bonchev–Trinajstić information content (AvgIpc) is 2.91. The average molecular weight is 410 g/mol. The number of likely N-dealkylation sites (tertiary alicyclic amines) is 1. The minimum Gasteiger partial charge on any atom is -0.454 e. The minimum atomic E-state index is -4.56.